The number of methoxy groups -OCH3 is 1. The first-order valence-electron chi connectivity index (χ1n) is 4.83. The van der Waals surface area contributed by atoms with E-state index >= 15 is 0 Å². The fourth-order valence-electron chi connectivity index (χ4n) is 1.85. The molecule has 0 atom stereocenters. The summed E-state index contributed by atoms with van der Waals surface area (Å²) in [6.45, 7) is 0.257. The van der Waals surface area contributed by atoms with E-state index in [0.717, 1.165) is 30.5 Å². The normalized spacial score (nSPS) is 13.9. The van der Waals surface area contributed by atoms with Gasteiger partial charge in [0.05, 0.1) is 0 Å². The van der Waals surface area contributed by atoms with Gasteiger partial charge in [-0.15, -0.1) is 0 Å². The maximum Gasteiger partial charge on any atom is 0.354 e. The minimum absolute atomic E-state index is 0.143. The highest BCUT2D eigenvalue weighted by Crippen LogP contribution is 2.22. The van der Waals surface area contributed by atoms with Crippen molar-refractivity contribution in [3.05, 3.63) is 22.8 Å². The molecule has 1 aromatic heterocycles. The van der Waals surface area contributed by atoms with E-state index in [1.807, 2.05) is 0 Å². The van der Waals surface area contributed by atoms with Crippen LogP contribution in [0.15, 0.2) is 0 Å². The molecule has 5 nitrogen and oxygen atoms in total. The maximum atomic E-state index is 11.0. The summed E-state index contributed by atoms with van der Waals surface area (Å²) in [5.74, 6) is -0.525. The number of carbonyl (C=O) groups is 1. The highest BCUT2D eigenvalue weighted by atomic mass is 16.5. The predicted molar refractivity (Wildman–Crippen MR) is 51.7 cm³/mol. The van der Waals surface area contributed by atoms with Crippen molar-refractivity contribution in [3.63, 3.8) is 0 Å². The van der Waals surface area contributed by atoms with Gasteiger partial charge in [-0.1, -0.05) is 0 Å². The molecule has 1 aliphatic rings. The topological polar surface area (TPSA) is 72.3 Å². The van der Waals surface area contributed by atoms with E-state index in [2.05, 4.69) is 9.97 Å². The number of fused-ring (bicyclic) bond motifs is 1. The highest BCUT2D eigenvalue weighted by Gasteiger charge is 2.22. The van der Waals surface area contributed by atoms with Gasteiger partial charge >= 0.3 is 5.97 Å². The Balaban J connectivity index is 2.47. The van der Waals surface area contributed by atoms with Crippen LogP contribution < -0.4 is 0 Å². The van der Waals surface area contributed by atoms with Crippen molar-refractivity contribution in [1.82, 2.24) is 9.97 Å². The van der Waals surface area contributed by atoms with Crippen LogP contribution in [-0.4, -0.2) is 28.2 Å². The Labute approximate surface area is 87.1 Å². The minimum Gasteiger partial charge on any atom is -0.477 e. The van der Waals surface area contributed by atoms with Crippen LogP contribution in [0.2, 0.25) is 0 Å². The lowest BCUT2D eigenvalue weighted by Gasteiger charge is -2.05. The summed E-state index contributed by atoms with van der Waals surface area (Å²) in [5, 5.41) is 9.01. The van der Waals surface area contributed by atoms with Crippen LogP contribution in [0.25, 0.3) is 0 Å². The third-order valence-electron chi connectivity index (χ3n) is 2.46. The van der Waals surface area contributed by atoms with Crippen LogP contribution in [0.4, 0.5) is 0 Å². The predicted octanol–water partition coefficient (Wildman–Crippen LogP) is 0.810. The van der Waals surface area contributed by atoms with Gasteiger partial charge in [0, 0.05) is 18.4 Å². The highest BCUT2D eigenvalue weighted by molar-refractivity contribution is 5.87. The Morgan fingerprint density at radius 1 is 1.47 bits per heavy atom. The van der Waals surface area contributed by atoms with Crippen molar-refractivity contribution < 1.29 is 14.6 Å². The second-order valence-electron chi connectivity index (χ2n) is 3.51. The fraction of sp³-hybridized carbons (Fsp3) is 0.500. The molecule has 2 rings (SSSR count). The van der Waals surface area contributed by atoms with Crippen molar-refractivity contribution in [1.29, 1.82) is 0 Å². The third-order valence-corrected chi connectivity index (χ3v) is 2.46. The van der Waals surface area contributed by atoms with Crippen molar-refractivity contribution in [2.45, 2.75) is 25.9 Å². The average Bonchev–Trinajstić information content (AvgIpc) is 2.64. The molecule has 15 heavy (non-hydrogen) atoms. The number of rotatable bonds is 3. The molecule has 80 valence electrons. The fourth-order valence-corrected chi connectivity index (χ4v) is 1.85. The van der Waals surface area contributed by atoms with Crippen molar-refractivity contribution in [2.24, 2.45) is 0 Å². The van der Waals surface area contributed by atoms with Gasteiger partial charge in [-0.25, -0.2) is 14.8 Å². The lowest BCUT2D eigenvalue weighted by atomic mass is 10.2. The smallest absolute Gasteiger partial charge is 0.354 e. The summed E-state index contributed by atoms with van der Waals surface area (Å²) in [5.41, 5.74) is 1.81. The van der Waals surface area contributed by atoms with Crippen LogP contribution in [0.1, 0.15) is 34.0 Å². The zero-order valence-electron chi connectivity index (χ0n) is 8.49. The van der Waals surface area contributed by atoms with Gasteiger partial charge in [-0.2, -0.15) is 0 Å². The Morgan fingerprint density at radius 2 is 2.27 bits per heavy atom. The number of ether oxygens (including phenoxy) is 1. The second kappa shape index (κ2) is 3.94. The Bertz CT molecular complexity index is 404. The summed E-state index contributed by atoms with van der Waals surface area (Å²) in [4.78, 5) is 19.3. The quantitative estimate of drug-likeness (QED) is 0.795. The monoisotopic (exact) mass is 208 g/mol. The lowest BCUT2D eigenvalue weighted by molar-refractivity contribution is 0.0687. The van der Waals surface area contributed by atoms with Crippen molar-refractivity contribution in [2.75, 3.05) is 7.11 Å². The SMILES string of the molecule is COCc1nc2c(c(C(=O)O)n1)CCC2. The van der Waals surface area contributed by atoms with Crippen LogP contribution in [0.5, 0.6) is 0 Å². The molecule has 0 saturated heterocycles. The molecule has 0 amide bonds. The van der Waals surface area contributed by atoms with Crippen LogP contribution >= 0.6 is 0 Å². The molecule has 0 bridgehead atoms. The summed E-state index contributed by atoms with van der Waals surface area (Å²) in [7, 11) is 1.54. The number of carboxylic acids is 1. The molecule has 0 aliphatic heterocycles. The third kappa shape index (κ3) is 1.83. The number of aromatic nitrogens is 2. The molecule has 1 aromatic rings. The van der Waals surface area contributed by atoms with Crippen LogP contribution in [0.3, 0.4) is 0 Å². The van der Waals surface area contributed by atoms with E-state index < -0.39 is 5.97 Å². The largest absolute Gasteiger partial charge is 0.477 e. The summed E-state index contributed by atoms with van der Waals surface area (Å²) in [6, 6.07) is 0. The van der Waals surface area contributed by atoms with E-state index in [1.54, 1.807) is 0 Å². The number of hydrogen-bond acceptors (Lipinski definition) is 4. The molecule has 0 radical (unpaired) electrons. The van der Waals surface area contributed by atoms with Gasteiger partial charge in [0.1, 0.15) is 6.61 Å². The average molecular weight is 208 g/mol. The van der Waals surface area contributed by atoms with Gasteiger partial charge in [0.2, 0.25) is 0 Å². The first-order chi connectivity index (χ1) is 7.22. The van der Waals surface area contributed by atoms with Gasteiger partial charge in [0.15, 0.2) is 11.5 Å². The lowest BCUT2D eigenvalue weighted by Crippen LogP contribution is -2.11. The Kier molecular flexibility index (Phi) is 2.64. The number of carboxylic acid groups (broad SMARTS) is 1. The molecular weight excluding hydrogens is 196 g/mol. The zero-order valence-corrected chi connectivity index (χ0v) is 8.49. The molecular formula is C10H12N2O3. The zero-order chi connectivity index (χ0) is 10.8. The number of aryl methyl sites for hydroxylation is 1. The molecule has 0 fully saturated rings. The second-order valence-corrected chi connectivity index (χ2v) is 3.51. The first-order valence-corrected chi connectivity index (χ1v) is 4.83. The number of aromatic carboxylic acids is 1. The Morgan fingerprint density at radius 3 is 2.93 bits per heavy atom. The van der Waals surface area contributed by atoms with Gasteiger partial charge < -0.3 is 9.84 Å². The molecule has 1 aliphatic carbocycles. The van der Waals surface area contributed by atoms with E-state index in [1.165, 1.54) is 7.11 Å². The summed E-state index contributed by atoms with van der Waals surface area (Å²) < 4.78 is 4.90. The maximum absolute atomic E-state index is 11.0. The van der Waals surface area contributed by atoms with Gasteiger partial charge in [-0.3, -0.25) is 0 Å². The van der Waals surface area contributed by atoms with Crippen molar-refractivity contribution in [3.8, 4) is 0 Å². The van der Waals surface area contributed by atoms with E-state index in [0.29, 0.717) is 5.82 Å². The van der Waals surface area contributed by atoms with Gasteiger partial charge in [0.25, 0.3) is 0 Å². The molecule has 1 N–H and O–H groups in total. The Hall–Kier alpha value is -1.49. The molecule has 0 aromatic carbocycles. The van der Waals surface area contributed by atoms with Crippen molar-refractivity contribution >= 4 is 5.97 Å². The molecule has 5 heteroatoms. The number of nitrogens with zero attached hydrogens (tertiary/aromatic N) is 2. The molecule has 0 saturated carbocycles. The molecule has 0 unspecified atom stereocenters. The van der Waals surface area contributed by atoms with Gasteiger partial charge in [-0.05, 0) is 19.3 Å². The standard InChI is InChI=1S/C10H12N2O3/c1-15-5-8-11-7-4-2-3-6(7)9(12-8)10(13)14/h2-5H2,1H3,(H,13,14). The number of hydrogen-bond donors (Lipinski definition) is 1. The van der Waals surface area contributed by atoms with Crippen LogP contribution in [-0.2, 0) is 24.2 Å². The van der Waals surface area contributed by atoms with E-state index in [9.17, 15) is 4.79 Å². The summed E-state index contributed by atoms with van der Waals surface area (Å²) >= 11 is 0. The van der Waals surface area contributed by atoms with E-state index in [-0.39, 0.29) is 12.3 Å². The summed E-state index contributed by atoms with van der Waals surface area (Å²) in [6.07, 6.45) is 2.57. The molecule has 0 spiro atoms. The minimum atomic E-state index is -0.979. The van der Waals surface area contributed by atoms with E-state index in [4.69, 9.17) is 9.84 Å². The van der Waals surface area contributed by atoms with Crippen LogP contribution in [0, 0.1) is 0 Å². The first kappa shape index (κ1) is 10.0. The molecule has 1 heterocycles.